The van der Waals surface area contributed by atoms with Crippen LogP contribution in [0.25, 0.3) is 0 Å². The molecule has 0 N–H and O–H groups in total. The molecule has 0 aromatic heterocycles. The zero-order chi connectivity index (χ0) is 10.2. The van der Waals surface area contributed by atoms with Gasteiger partial charge in [0.15, 0.2) is 0 Å². The Morgan fingerprint density at radius 2 is 1.62 bits per heavy atom. The van der Waals surface area contributed by atoms with Crippen molar-refractivity contribution in [2.45, 2.75) is 31.9 Å². The van der Waals surface area contributed by atoms with Crippen molar-refractivity contribution in [3.8, 4) is 0 Å². The molecule has 2 heteroatoms. The molecule has 0 unspecified atom stereocenters. The highest BCUT2D eigenvalue weighted by Crippen LogP contribution is 2.63. The van der Waals surface area contributed by atoms with Gasteiger partial charge in [-0.1, -0.05) is 0 Å². The third kappa shape index (κ3) is 2.22. The largest absolute Gasteiger partial charge is 0.374 e. The van der Waals surface area contributed by atoms with Gasteiger partial charge in [-0.05, 0) is 50.0 Å². The van der Waals surface area contributed by atoms with Gasteiger partial charge < -0.3 is 4.90 Å². The summed E-state index contributed by atoms with van der Waals surface area (Å²) < 4.78 is 0. The highest BCUT2D eigenvalue weighted by molar-refractivity contribution is 8.36. The van der Waals surface area contributed by atoms with Crippen LogP contribution >= 0.6 is 10.0 Å². The van der Waals surface area contributed by atoms with E-state index in [4.69, 9.17) is 0 Å². The van der Waals surface area contributed by atoms with Crippen molar-refractivity contribution < 1.29 is 0 Å². The fourth-order valence-electron chi connectivity index (χ4n) is 2.26. The third-order valence-electron chi connectivity index (χ3n) is 2.69. The maximum Gasteiger partial charge on any atom is 0.0513 e. The molecule has 0 radical (unpaired) electrons. The minimum atomic E-state index is -0.521. The van der Waals surface area contributed by atoms with Gasteiger partial charge in [-0.2, -0.15) is 0 Å². The van der Waals surface area contributed by atoms with Crippen molar-refractivity contribution in [2.24, 2.45) is 0 Å². The van der Waals surface area contributed by atoms with Gasteiger partial charge in [0.25, 0.3) is 0 Å². The summed E-state index contributed by atoms with van der Waals surface area (Å²) in [5.74, 6) is 0. The van der Waals surface area contributed by atoms with Crippen LogP contribution in [0.15, 0.2) is 10.6 Å². The zero-order valence-electron chi connectivity index (χ0n) is 9.85. The molecule has 0 bridgehead atoms. The van der Waals surface area contributed by atoms with Crippen LogP contribution in [0.5, 0.6) is 0 Å². The van der Waals surface area contributed by atoms with Crippen LogP contribution in [0.3, 0.4) is 0 Å². The smallest absolute Gasteiger partial charge is 0.0513 e. The van der Waals surface area contributed by atoms with Gasteiger partial charge in [-0.25, -0.2) is 10.0 Å². The molecule has 0 spiro atoms. The SMILES string of the molecule is CC(C)=C(N(C)C)S(C)(C)C1CC1. The van der Waals surface area contributed by atoms with E-state index in [1.165, 1.54) is 18.4 Å². The Morgan fingerprint density at radius 3 is 1.85 bits per heavy atom. The molecule has 0 aliphatic heterocycles. The maximum absolute atomic E-state index is 2.47. The molecular formula is C11H23NS. The minimum absolute atomic E-state index is 0.521. The van der Waals surface area contributed by atoms with E-state index in [0.717, 1.165) is 5.25 Å². The Bertz CT molecular complexity index is 220. The Balaban J connectivity index is 2.93. The van der Waals surface area contributed by atoms with E-state index in [1.807, 2.05) is 0 Å². The van der Waals surface area contributed by atoms with Crippen molar-refractivity contribution in [3.63, 3.8) is 0 Å². The van der Waals surface area contributed by atoms with E-state index in [9.17, 15) is 0 Å². The molecule has 78 valence electrons. The molecule has 1 aliphatic carbocycles. The lowest BCUT2D eigenvalue weighted by molar-refractivity contribution is 0.541. The average Bonchev–Trinajstić information content (AvgIpc) is 2.61. The first-order chi connectivity index (χ1) is 5.87. The summed E-state index contributed by atoms with van der Waals surface area (Å²) in [5.41, 5.74) is 1.50. The molecule has 1 fully saturated rings. The fraction of sp³-hybridized carbons (Fsp3) is 0.818. The summed E-state index contributed by atoms with van der Waals surface area (Å²) in [6.45, 7) is 4.49. The fourth-order valence-corrected chi connectivity index (χ4v) is 5.88. The normalized spacial score (nSPS) is 18.3. The summed E-state index contributed by atoms with van der Waals surface area (Å²) in [7, 11) is 3.84. The molecule has 13 heavy (non-hydrogen) atoms. The van der Waals surface area contributed by atoms with E-state index in [0.29, 0.717) is 0 Å². The summed E-state index contributed by atoms with van der Waals surface area (Å²) >= 11 is 0. The molecule has 0 amide bonds. The number of hydrogen-bond acceptors (Lipinski definition) is 1. The summed E-state index contributed by atoms with van der Waals surface area (Å²) in [5, 5.41) is 2.61. The number of rotatable bonds is 3. The predicted octanol–water partition coefficient (Wildman–Crippen LogP) is 3.03. The molecule has 1 saturated carbocycles. The van der Waals surface area contributed by atoms with Crippen LogP contribution in [0, 0.1) is 0 Å². The van der Waals surface area contributed by atoms with E-state index < -0.39 is 10.0 Å². The van der Waals surface area contributed by atoms with E-state index in [1.54, 1.807) is 5.03 Å². The average molecular weight is 201 g/mol. The van der Waals surface area contributed by atoms with Crippen molar-refractivity contribution in [3.05, 3.63) is 10.6 Å². The third-order valence-corrected chi connectivity index (χ3v) is 6.60. The van der Waals surface area contributed by atoms with E-state index in [2.05, 4.69) is 45.4 Å². The molecule has 0 saturated heterocycles. The molecule has 1 nitrogen and oxygen atoms in total. The first-order valence-electron chi connectivity index (χ1n) is 4.94. The maximum atomic E-state index is 2.47. The molecule has 0 aromatic rings. The predicted molar refractivity (Wildman–Crippen MR) is 64.5 cm³/mol. The molecule has 0 aromatic carbocycles. The first-order valence-corrected chi connectivity index (χ1v) is 7.45. The summed E-state index contributed by atoms with van der Waals surface area (Å²) in [4.78, 5) is 2.32. The zero-order valence-corrected chi connectivity index (χ0v) is 10.7. The minimum Gasteiger partial charge on any atom is -0.374 e. The molecule has 1 rings (SSSR count). The van der Waals surface area contributed by atoms with E-state index >= 15 is 0 Å². The second kappa shape index (κ2) is 3.56. The molecule has 0 heterocycles. The van der Waals surface area contributed by atoms with Gasteiger partial charge in [0, 0.05) is 14.1 Å². The van der Waals surface area contributed by atoms with Crippen LogP contribution < -0.4 is 0 Å². The van der Waals surface area contributed by atoms with Gasteiger partial charge in [0.2, 0.25) is 0 Å². The van der Waals surface area contributed by atoms with Crippen molar-refractivity contribution in [1.82, 2.24) is 4.90 Å². The quantitative estimate of drug-likeness (QED) is 0.678. The van der Waals surface area contributed by atoms with Gasteiger partial charge in [0.1, 0.15) is 0 Å². The van der Waals surface area contributed by atoms with Gasteiger partial charge in [-0.15, -0.1) is 0 Å². The van der Waals surface area contributed by atoms with Crippen LogP contribution in [-0.2, 0) is 0 Å². The summed E-state index contributed by atoms with van der Waals surface area (Å²) in [6.07, 6.45) is 7.83. The Morgan fingerprint density at radius 1 is 1.15 bits per heavy atom. The highest BCUT2D eigenvalue weighted by Gasteiger charge is 2.37. The number of allylic oxidation sites excluding steroid dienone is 1. The van der Waals surface area contributed by atoms with E-state index in [-0.39, 0.29) is 0 Å². The highest BCUT2D eigenvalue weighted by atomic mass is 32.3. The molecule has 0 atom stereocenters. The van der Waals surface area contributed by atoms with Gasteiger partial charge in [0.05, 0.1) is 5.03 Å². The van der Waals surface area contributed by atoms with Crippen molar-refractivity contribution in [1.29, 1.82) is 0 Å². The van der Waals surface area contributed by atoms with Crippen LogP contribution in [0.4, 0.5) is 0 Å². The van der Waals surface area contributed by atoms with Crippen molar-refractivity contribution in [2.75, 3.05) is 26.6 Å². The lowest BCUT2D eigenvalue weighted by Crippen LogP contribution is -2.20. The monoisotopic (exact) mass is 201 g/mol. The van der Waals surface area contributed by atoms with Gasteiger partial charge in [-0.3, -0.25) is 0 Å². The summed E-state index contributed by atoms with van der Waals surface area (Å²) in [6, 6.07) is 0. The second-order valence-electron chi connectivity index (χ2n) is 4.80. The number of hydrogen-bond donors (Lipinski definition) is 0. The van der Waals surface area contributed by atoms with Crippen LogP contribution in [0.1, 0.15) is 26.7 Å². The number of nitrogens with zero attached hydrogens (tertiary/aromatic N) is 1. The van der Waals surface area contributed by atoms with Crippen molar-refractivity contribution >= 4 is 10.0 Å². The first kappa shape index (κ1) is 11.0. The second-order valence-corrected chi connectivity index (χ2v) is 8.67. The van der Waals surface area contributed by atoms with Crippen LogP contribution in [-0.4, -0.2) is 36.8 Å². The Kier molecular flexibility index (Phi) is 3.01. The standard InChI is InChI=1S/C11H23NS/c1-9(2)11(12(3)4)13(5,6)10-7-8-10/h10H,7-8H2,1-6H3. The molecular weight excluding hydrogens is 178 g/mol. The Hall–Kier alpha value is -0.110. The Labute approximate surface area is 84.5 Å². The topological polar surface area (TPSA) is 3.24 Å². The molecule has 1 aliphatic rings. The van der Waals surface area contributed by atoms with Crippen LogP contribution in [0.2, 0.25) is 0 Å². The lowest BCUT2D eigenvalue weighted by Gasteiger charge is -2.39. The van der Waals surface area contributed by atoms with Gasteiger partial charge >= 0.3 is 0 Å². The lowest BCUT2D eigenvalue weighted by atomic mass is 10.4.